The third-order valence-corrected chi connectivity index (χ3v) is 13.5. The molecule has 0 bridgehead atoms. The molecule has 1 heteroatoms. The molecular formula is C57H41N. The second kappa shape index (κ2) is 12.3. The normalized spacial score (nSPS) is 14.6. The van der Waals surface area contributed by atoms with Crippen molar-refractivity contribution in [3.8, 4) is 33.4 Å². The molecular weight excluding hydrogens is 699 g/mol. The Kier molecular flexibility index (Phi) is 7.02. The van der Waals surface area contributed by atoms with Crippen LogP contribution in [0.1, 0.15) is 58.4 Å². The highest BCUT2D eigenvalue weighted by Gasteiger charge is 2.47. The Morgan fingerprint density at radius 2 is 0.914 bits per heavy atom. The number of hydrogen-bond donors (Lipinski definition) is 0. The average molecular weight is 740 g/mol. The van der Waals surface area contributed by atoms with Crippen molar-refractivity contribution in [2.45, 2.75) is 31.1 Å². The topological polar surface area (TPSA) is 3.24 Å². The van der Waals surface area contributed by atoms with Gasteiger partial charge in [0, 0.05) is 22.5 Å². The van der Waals surface area contributed by atoms with E-state index in [9.17, 15) is 0 Å². The maximum Gasteiger partial charge on any atom is 0.0720 e. The summed E-state index contributed by atoms with van der Waals surface area (Å²) in [6.07, 6.45) is 0.971. The lowest BCUT2D eigenvalue weighted by molar-refractivity contribution is 0.660. The second-order valence-electron chi connectivity index (χ2n) is 16.8. The van der Waals surface area contributed by atoms with E-state index in [0.717, 1.165) is 23.5 Å². The molecule has 3 aliphatic carbocycles. The van der Waals surface area contributed by atoms with Gasteiger partial charge in [0.1, 0.15) is 0 Å². The summed E-state index contributed by atoms with van der Waals surface area (Å²) in [7, 11) is 0. The SMILES string of the molecule is CC1(C)c2ccccc2-c2ccc(N(c3ccc4c(c3)-c3ccccc3C4)c3ccc4c(c3)C(c3ccccc3)(c3ccccc3)c3c-4ccc4ccccc34)cc21. The van der Waals surface area contributed by atoms with E-state index in [1.54, 1.807) is 0 Å². The van der Waals surface area contributed by atoms with Gasteiger partial charge in [0.2, 0.25) is 0 Å². The van der Waals surface area contributed by atoms with Crippen LogP contribution in [-0.2, 0) is 17.3 Å². The summed E-state index contributed by atoms with van der Waals surface area (Å²) >= 11 is 0. The largest absolute Gasteiger partial charge is 0.310 e. The second-order valence-corrected chi connectivity index (χ2v) is 16.8. The molecule has 9 aromatic carbocycles. The fourth-order valence-corrected chi connectivity index (χ4v) is 10.9. The van der Waals surface area contributed by atoms with Crippen LogP contribution in [-0.4, -0.2) is 0 Å². The molecule has 0 aliphatic heterocycles. The third-order valence-electron chi connectivity index (χ3n) is 13.5. The highest BCUT2D eigenvalue weighted by molar-refractivity contribution is 6.01. The van der Waals surface area contributed by atoms with Crippen LogP contribution in [0.15, 0.2) is 200 Å². The number of nitrogens with zero attached hydrogens (tertiary/aromatic N) is 1. The van der Waals surface area contributed by atoms with Crippen molar-refractivity contribution in [2.75, 3.05) is 4.90 Å². The molecule has 274 valence electrons. The zero-order valence-electron chi connectivity index (χ0n) is 32.7. The van der Waals surface area contributed by atoms with Crippen LogP contribution in [0.3, 0.4) is 0 Å². The molecule has 12 rings (SSSR count). The van der Waals surface area contributed by atoms with Crippen molar-refractivity contribution in [3.05, 3.63) is 245 Å². The lowest BCUT2D eigenvalue weighted by Gasteiger charge is -2.35. The van der Waals surface area contributed by atoms with Gasteiger partial charge in [-0.25, -0.2) is 0 Å². The van der Waals surface area contributed by atoms with Crippen molar-refractivity contribution in [3.63, 3.8) is 0 Å². The zero-order valence-corrected chi connectivity index (χ0v) is 32.7. The summed E-state index contributed by atoms with van der Waals surface area (Å²) in [4.78, 5) is 2.52. The van der Waals surface area contributed by atoms with E-state index in [0.29, 0.717) is 0 Å². The highest BCUT2D eigenvalue weighted by Crippen LogP contribution is 2.59. The maximum atomic E-state index is 2.52. The minimum Gasteiger partial charge on any atom is -0.310 e. The molecule has 0 amide bonds. The first-order valence-electron chi connectivity index (χ1n) is 20.6. The monoisotopic (exact) mass is 739 g/mol. The number of fused-ring (bicyclic) bond motifs is 11. The standard InChI is InChI=1S/C57H41N/c1-56(2)52-24-14-13-23-47(52)48-31-28-43(35-53(48)56)58(42-27-25-39-33-38-16-10-11-21-45(38)51(39)34-42)44-29-32-49-50-30-26-37-15-9-12-22-46(37)55(50)57(54(49)36-44,40-17-5-3-6-18-40)41-19-7-4-8-20-41/h3-32,34-36H,33H2,1-2H3. The Labute approximate surface area is 340 Å². The van der Waals surface area contributed by atoms with Gasteiger partial charge in [-0.3, -0.25) is 0 Å². The molecule has 1 nitrogen and oxygen atoms in total. The van der Waals surface area contributed by atoms with Gasteiger partial charge in [-0.05, 0) is 131 Å². The van der Waals surface area contributed by atoms with Gasteiger partial charge < -0.3 is 4.90 Å². The minimum atomic E-state index is -0.547. The van der Waals surface area contributed by atoms with Crippen LogP contribution in [0.5, 0.6) is 0 Å². The van der Waals surface area contributed by atoms with Crippen molar-refractivity contribution < 1.29 is 0 Å². The van der Waals surface area contributed by atoms with E-state index >= 15 is 0 Å². The molecule has 0 spiro atoms. The third kappa shape index (κ3) is 4.53. The average Bonchev–Trinajstić information content (AvgIpc) is 3.88. The zero-order chi connectivity index (χ0) is 38.6. The summed E-state index contributed by atoms with van der Waals surface area (Å²) in [6.45, 7) is 4.76. The predicted octanol–water partition coefficient (Wildman–Crippen LogP) is 14.6. The Morgan fingerprint density at radius 3 is 1.67 bits per heavy atom. The molecule has 0 heterocycles. The van der Waals surface area contributed by atoms with E-state index in [2.05, 4.69) is 219 Å². The molecule has 3 aliphatic rings. The first-order valence-corrected chi connectivity index (χ1v) is 20.6. The molecule has 58 heavy (non-hydrogen) atoms. The van der Waals surface area contributed by atoms with E-state index in [1.165, 1.54) is 88.7 Å². The molecule has 0 aromatic heterocycles. The first-order chi connectivity index (χ1) is 28.5. The fraction of sp³-hybridized carbons (Fsp3) is 0.0877. The molecule has 0 N–H and O–H groups in total. The molecule has 0 unspecified atom stereocenters. The van der Waals surface area contributed by atoms with Gasteiger partial charge in [-0.2, -0.15) is 0 Å². The Morgan fingerprint density at radius 1 is 0.379 bits per heavy atom. The van der Waals surface area contributed by atoms with Crippen molar-refractivity contribution >= 4 is 27.8 Å². The summed E-state index contributed by atoms with van der Waals surface area (Å²) in [6, 6.07) is 75.4. The Bertz CT molecular complexity index is 3080. The van der Waals surface area contributed by atoms with Gasteiger partial charge in [0.15, 0.2) is 0 Å². The quantitative estimate of drug-likeness (QED) is 0.170. The summed E-state index contributed by atoms with van der Waals surface area (Å²) in [5, 5.41) is 2.55. The molecule has 0 saturated heterocycles. The molecule has 0 saturated carbocycles. The van der Waals surface area contributed by atoms with Gasteiger partial charge in [0.05, 0.1) is 5.41 Å². The number of hydrogen-bond acceptors (Lipinski definition) is 1. The van der Waals surface area contributed by atoms with Crippen molar-refractivity contribution in [1.82, 2.24) is 0 Å². The Hall–Kier alpha value is -6.96. The molecule has 0 atom stereocenters. The maximum absolute atomic E-state index is 2.52. The van der Waals surface area contributed by atoms with Crippen LogP contribution >= 0.6 is 0 Å². The molecule has 0 radical (unpaired) electrons. The minimum absolute atomic E-state index is 0.124. The fourth-order valence-electron chi connectivity index (χ4n) is 10.9. The lowest BCUT2D eigenvalue weighted by atomic mass is 9.66. The van der Waals surface area contributed by atoms with E-state index in [-0.39, 0.29) is 5.41 Å². The van der Waals surface area contributed by atoms with Crippen LogP contribution in [0.25, 0.3) is 44.2 Å². The van der Waals surface area contributed by atoms with Gasteiger partial charge in [-0.15, -0.1) is 0 Å². The van der Waals surface area contributed by atoms with Gasteiger partial charge in [0.25, 0.3) is 0 Å². The molecule has 9 aromatic rings. The van der Waals surface area contributed by atoms with Crippen molar-refractivity contribution in [1.29, 1.82) is 0 Å². The summed E-state index contributed by atoms with van der Waals surface area (Å²) < 4.78 is 0. The van der Waals surface area contributed by atoms with E-state index in [1.807, 2.05) is 0 Å². The van der Waals surface area contributed by atoms with Crippen molar-refractivity contribution in [2.24, 2.45) is 0 Å². The number of benzene rings is 9. The van der Waals surface area contributed by atoms with Crippen LogP contribution in [0, 0.1) is 0 Å². The predicted molar refractivity (Wildman–Crippen MR) is 242 cm³/mol. The van der Waals surface area contributed by atoms with Gasteiger partial charge in [-0.1, -0.05) is 178 Å². The highest BCUT2D eigenvalue weighted by atomic mass is 15.1. The summed E-state index contributed by atoms with van der Waals surface area (Å²) in [5.41, 5.74) is 21.5. The lowest BCUT2D eigenvalue weighted by Crippen LogP contribution is -2.29. The van der Waals surface area contributed by atoms with Crippen LogP contribution in [0.2, 0.25) is 0 Å². The summed E-state index contributed by atoms with van der Waals surface area (Å²) in [5.74, 6) is 0. The van der Waals surface area contributed by atoms with E-state index in [4.69, 9.17) is 0 Å². The number of rotatable bonds is 5. The van der Waals surface area contributed by atoms with E-state index < -0.39 is 5.41 Å². The first kappa shape index (κ1) is 33.2. The molecule has 0 fully saturated rings. The van der Waals surface area contributed by atoms with Crippen LogP contribution < -0.4 is 4.90 Å². The van der Waals surface area contributed by atoms with Gasteiger partial charge >= 0.3 is 0 Å². The van der Waals surface area contributed by atoms with Crippen LogP contribution in [0.4, 0.5) is 17.1 Å². The number of anilines is 3. The smallest absolute Gasteiger partial charge is 0.0720 e. The Balaban J connectivity index is 1.14.